The minimum atomic E-state index is 0. The van der Waals surface area contributed by atoms with Crippen molar-refractivity contribution in [2.75, 3.05) is 0 Å². The topological polar surface area (TPSA) is 118 Å². The van der Waals surface area contributed by atoms with E-state index in [-0.39, 0.29) is 32.7 Å². The van der Waals surface area contributed by atoms with Crippen LogP contribution >= 0.6 is 0 Å². The van der Waals surface area contributed by atoms with Crippen molar-refractivity contribution in [3.05, 3.63) is 16.2 Å². The zero-order valence-corrected chi connectivity index (χ0v) is 7.48. The van der Waals surface area contributed by atoms with Gasteiger partial charge in [0, 0.05) is 0 Å². The first-order valence-electron chi connectivity index (χ1n) is 1.28. The Morgan fingerprint density at radius 2 is 0.700 bits per heavy atom. The molecular weight excluding hydrogens is 215 g/mol. The van der Waals surface area contributed by atoms with E-state index in [0.29, 0.717) is 18.2 Å². The molecule has 0 N–H and O–H groups in total. The third-order valence-electron chi connectivity index (χ3n) is 0. The molecule has 0 bridgehead atoms. The Hall–Kier alpha value is -0.756. The number of hydrogen-bond acceptors (Lipinski definition) is 3. The molecule has 0 aromatic carbocycles. The molecule has 0 saturated heterocycles. The van der Waals surface area contributed by atoms with Crippen molar-refractivity contribution in [3.63, 3.8) is 0 Å². The van der Waals surface area contributed by atoms with Crippen LogP contribution in [0.25, 0.3) is 16.2 Å². The van der Waals surface area contributed by atoms with Gasteiger partial charge in [0.15, 0.2) is 0 Å². The maximum Gasteiger partial charge on any atom is 3.00 e. The maximum absolute atomic E-state index is 8.24. The van der Waals surface area contributed by atoms with Gasteiger partial charge in [-0.2, -0.15) is 0 Å². The van der Waals surface area contributed by atoms with E-state index < -0.39 is 0 Å². The molecule has 48 valence electrons. The minimum Gasteiger partial charge on any atom is -0.724 e. The molecule has 0 aliphatic heterocycles. The van der Waals surface area contributed by atoms with Gasteiger partial charge in [-0.1, -0.05) is 0 Å². The van der Waals surface area contributed by atoms with Crippen LogP contribution in [0.3, 0.4) is 0 Å². The summed E-state index contributed by atoms with van der Waals surface area (Å²) >= 11 is 0. The summed E-state index contributed by atoms with van der Waals surface area (Å²) in [5.74, 6) is 0. The summed E-state index contributed by atoms with van der Waals surface area (Å²) in [4.78, 5) is 24.7. The van der Waals surface area contributed by atoms with Crippen molar-refractivity contribution < 1.29 is 47.1 Å². The molecule has 0 amide bonds. The van der Waals surface area contributed by atoms with Crippen molar-refractivity contribution in [2.24, 2.45) is 0 Å². The van der Waals surface area contributed by atoms with E-state index in [0.717, 1.165) is 0 Å². The molecule has 0 aliphatic carbocycles. The van der Waals surface area contributed by atoms with Crippen LogP contribution in [0.5, 0.6) is 0 Å². The molecule has 0 aliphatic rings. The second kappa shape index (κ2) is 85.9. The summed E-state index contributed by atoms with van der Waals surface area (Å²) in [6.45, 7) is 0. The fourth-order valence-corrected chi connectivity index (χ4v) is 0. The average Bonchev–Trinajstić information content (AvgIpc) is 1.70. The Labute approximate surface area is 81.4 Å². The van der Waals surface area contributed by atoms with Crippen molar-refractivity contribution in [2.45, 2.75) is 0 Å². The molecule has 0 radical (unpaired) electrons. The largest absolute Gasteiger partial charge is 3.00 e. The molecular formula is C3N3O3Y. The van der Waals surface area contributed by atoms with Gasteiger partial charge in [0.1, 0.15) is 0 Å². The van der Waals surface area contributed by atoms with Gasteiger partial charge in [0.2, 0.25) is 0 Å². The standard InChI is InChI=1S/3CNO.Y/c3*2-1-3;/q3*-1;+3. The van der Waals surface area contributed by atoms with Crippen LogP contribution in [0.2, 0.25) is 0 Å². The number of hydrogen-bond donors (Lipinski definition) is 0. The van der Waals surface area contributed by atoms with Gasteiger partial charge in [-0.15, -0.1) is 0 Å². The van der Waals surface area contributed by atoms with Crippen molar-refractivity contribution in [1.29, 1.82) is 0 Å². The molecule has 0 aromatic heterocycles. The second-order valence-corrected chi connectivity index (χ2v) is 0.274. The Kier molecular flexibility index (Phi) is 196. The fourth-order valence-electron chi connectivity index (χ4n) is 0. The Balaban J connectivity index is -0.0000000257. The van der Waals surface area contributed by atoms with E-state index in [2.05, 4.69) is 0 Å². The summed E-state index contributed by atoms with van der Waals surface area (Å²) in [5, 5.41) is 20.3. The zero-order chi connectivity index (χ0) is 8.12. The summed E-state index contributed by atoms with van der Waals surface area (Å²) in [6, 6.07) is 0. The predicted octanol–water partition coefficient (Wildman–Crippen LogP) is -0.328. The average molecular weight is 215 g/mol. The quantitative estimate of drug-likeness (QED) is 0.406. The van der Waals surface area contributed by atoms with Crippen molar-refractivity contribution in [3.8, 4) is 0 Å². The Morgan fingerprint density at radius 1 is 0.700 bits per heavy atom. The second-order valence-electron chi connectivity index (χ2n) is 0.274. The maximum atomic E-state index is 8.24. The molecule has 0 unspecified atom stereocenters. The molecule has 7 heteroatoms. The van der Waals surface area contributed by atoms with Crippen LogP contribution in [-0.4, -0.2) is 18.2 Å². The predicted molar refractivity (Wildman–Crippen MR) is 27.2 cm³/mol. The monoisotopic (exact) mass is 215 g/mol. The first-order chi connectivity index (χ1) is 4.24. The van der Waals surface area contributed by atoms with Gasteiger partial charge in [-0.3, -0.25) is 14.4 Å². The van der Waals surface area contributed by atoms with E-state index in [1.165, 1.54) is 0 Å². The van der Waals surface area contributed by atoms with Gasteiger partial charge >= 0.3 is 32.7 Å². The van der Waals surface area contributed by atoms with Crippen molar-refractivity contribution in [1.82, 2.24) is 0 Å². The number of nitrogens with zero attached hydrogens (tertiary/aromatic N) is 3. The third-order valence-corrected chi connectivity index (χ3v) is 0. The Morgan fingerprint density at radius 3 is 0.700 bits per heavy atom. The molecule has 0 atom stereocenters. The SMILES string of the molecule is [N-]=C=O.[N-]=C=O.[N-]=C=O.[Y+3]. The minimum absolute atomic E-state index is 0. The zero-order valence-electron chi connectivity index (χ0n) is 4.64. The molecule has 0 aromatic rings. The molecule has 0 heterocycles. The summed E-state index contributed by atoms with van der Waals surface area (Å²) in [6.07, 6.45) is 1.50. The van der Waals surface area contributed by atoms with E-state index in [4.69, 9.17) is 30.6 Å². The number of isocyanates is 3. The molecule has 0 saturated carbocycles. The molecule has 6 nitrogen and oxygen atoms in total. The van der Waals surface area contributed by atoms with Crippen LogP contribution < -0.4 is 0 Å². The van der Waals surface area contributed by atoms with Gasteiger partial charge in [0.25, 0.3) is 0 Å². The normalized spacial score (nSPS) is 2.40. The van der Waals surface area contributed by atoms with Crippen molar-refractivity contribution >= 4 is 18.2 Å². The van der Waals surface area contributed by atoms with Crippen LogP contribution in [-0.2, 0) is 47.1 Å². The van der Waals surface area contributed by atoms with Crippen LogP contribution in [0.4, 0.5) is 0 Å². The van der Waals surface area contributed by atoms with E-state index in [1.54, 1.807) is 0 Å². The van der Waals surface area contributed by atoms with Crippen LogP contribution in [0, 0.1) is 0 Å². The molecule has 0 fully saturated rings. The summed E-state index contributed by atoms with van der Waals surface area (Å²) in [7, 11) is 0. The van der Waals surface area contributed by atoms with E-state index >= 15 is 0 Å². The number of rotatable bonds is 0. The molecule has 0 spiro atoms. The number of carbonyl (C=O) groups excluding carboxylic acids is 3. The first kappa shape index (κ1) is 22.8. The van der Waals surface area contributed by atoms with Gasteiger partial charge in [-0.25, -0.2) is 0 Å². The smallest absolute Gasteiger partial charge is 0.724 e. The van der Waals surface area contributed by atoms with E-state index in [1.807, 2.05) is 0 Å². The third kappa shape index (κ3) is 494. The van der Waals surface area contributed by atoms with Crippen LogP contribution in [0.15, 0.2) is 0 Å². The summed E-state index contributed by atoms with van der Waals surface area (Å²) in [5.41, 5.74) is 0. The van der Waals surface area contributed by atoms with Gasteiger partial charge < -0.3 is 16.2 Å². The fraction of sp³-hybridized carbons (Fsp3) is 0. The summed E-state index contributed by atoms with van der Waals surface area (Å²) < 4.78 is 0. The van der Waals surface area contributed by atoms with E-state index in [9.17, 15) is 0 Å². The first-order valence-corrected chi connectivity index (χ1v) is 1.28. The Bertz CT molecular complexity index is 111. The van der Waals surface area contributed by atoms with Gasteiger partial charge in [0.05, 0.1) is 0 Å². The van der Waals surface area contributed by atoms with Crippen LogP contribution in [0.1, 0.15) is 0 Å². The molecule has 0 rings (SSSR count). The van der Waals surface area contributed by atoms with Gasteiger partial charge in [-0.05, 0) is 18.2 Å². The molecule has 10 heavy (non-hydrogen) atoms.